The molecular weight excluding hydrogens is 254 g/mol. The number of methoxy groups -OCH3 is 1. The Morgan fingerprint density at radius 1 is 1.15 bits per heavy atom. The van der Waals surface area contributed by atoms with Crippen molar-refractivity contribution >= 4 is 0 Å². The molecule has 0 fully saturated rings. The summed E-state index contributed by atoms with van der Waals surface area (Å²) in [7, 11) is 1.67. The summed E-state index contributed by atoms with van der Waals surface area (Å²) >= 11 is 0. The van der Waals surface area contributed by atoms with Crippen LogP contribution in [0.3, 0.4) is 0 Å². The van der Waals surface area contributed by atoms with Gasteiger partial charge in [-0.05, 0) is 32.0 Å². The van der Waals surface area contributed by atoms with Gasteiger partial charge in [-0.15, -0.1) is 0 Å². The van der Waals surface area contributed by atoms with Crippen LogP contribution in [0.25, 0.3) is 0 Å². The number of rotatable bonds is 10. The molecule has 0 aliphatic rings. The third-order valence-corrected chi connectivity index (χ3v) is 3.06. The third-order valence-electron chi connectivity index (χ3n) is 3.06. The monoisotopic (exact) mass is 281 g/mol. The smallest absolute Gasteiger partial charge is 0.124 e. The highest BCUT2D eigenvalue weighted by Crippen LogP contribution is 2.26. The largest absolute Gasteiger partial charge is 0.491 e. The van der Waals surface area contributed by atoms with Crippen molar-refractivity contribution in [3.05, 3.63) is 29.3 Å². The van der Waals surface area contributed by atoms with E-state index < -0.39 is 0 Å². The lowest BCUT2D eigenvalue weighted by atomic mass is 10.0. The molecule has 0 aliphatic carbocycles. The lowest BCUT2D eigenvalue weighted by Gasteiger charge is -2.18. The van der Waals surface area contributed by atoms with Gasteiger partial charge in [0.25, 0.3) is 0 Å². The summed E-state index contributed by atoms with van der Waals surface area (Å²) in [6.45, 7) is 9.62. The maximum absolute atomic E-state index is 5.86. The minimum absolute atomic E-state index is 0.282. The summed E-state index contributed by atoms with van der Waals surface area (Å²) in [5.41, 5.74) is 2.39. The van der Waals surface area contributed by atoms with Crippen LogP contribution in [-0.2, 0) is 9.47 Å². The first kappa shape index (κ1) is 17.0. The highest BCUT2D eigenvalue weighted by molar-refractivity contribution is 5.39. The van der Waals surface area contributed by atoms with Crippen LogP contribution >= 0.6 is 0 Å². The van der Waals surface area contributed by atoms with Crippen molar-refractivity contribution in [2.24, 2.45) is 0 Å². The number of nitrogens with one attached hydrogen (secondary N) is 1. The number of benzene rings is 1. The van der Waals surface area contributed by atoms with Crippen LogP contribution < -0.4 is 10.1 Å². The zero-order valence-corrected chi connectivity index (χ0v) is 13.1. The van der Waals surface area contributed by atoms with E-state index in [1.807, 2.05) is 0 Å². The van der Waals surface area contributed by atoms with Crippen molar-refractivity contribution in [2.75, 3.05) is 40.1 Å². The van der Waals surface area contributed by atoms with Crippen LogP contribution in [0.4, 0.5) is 0 Å². The van der Waals surface area contributed by atoms with Crippen molar-refractivity contribution in [3.8, 4) is 5.75 Å². The van der Waals surface area contributed by atoms with E-state index in [9.17, 15) is 0 Å². The number of hydrogen-bond donors (Lipinski definition) is 1. The van der Waals surface area contributed by atoms with Crippen molar-refractivity contribution < 1.29 is 14.2 Å². The Hall–Kier alpha value is -1.10. The van der Waals surface area contributed by atoms with Gasteiger partial charge < -0.3 is 19.5 Å². The van der Waals surface area contributed by atoms with Crippen LogP contribution in [0.2, 0.25) is 0 Å². The molecule has 1 aromatic rings. The van der Waals surface area contributed by atoms with Crippen LogP contribution in [0.5, 0.6) is 5.75 Å². The molecule has 0 saturated heterocycles. The number of aryl methyl sites for hydroxylation is 1. The quantitative estimate of drug-likeness (QED) is 0.669. The molecule has 20 heavy (non-hydrogen) atoms. The average molecular weight is 281 g/mol. The summed E-state index contributed by atoms with van der Waals surface area (Å²) in [5.74, 6) is 0.939. The second-order valence-corrected chi connectivity index (χ2v) is 4.77. The van der Waals surface area contributed by atoms with E-state index in [0.29, 0.717) is 26.4 Å². The van der Waals surface area contributed by atoms with E-state index in [1.54, 1.807) is 7.11 Å². The molecule has 0 amide bonds. The van der Waals surface area contributed by atoms with Gasteiger partial charge in [0.1, 0.15) is 12.4 Å². The van der Waals surface area contributed by atoms with Crippen molar-refractivity contribution in [1.82, 2.24) is 5.32 Å². The Labute approximate surface area is 122 Å². The van der Waals surface area contributed by atoms with Crippen LogP contribution in [0, 0.1) is 6.92 Å². The predicted octanol–water partition coefficient (Wildman–Crippen LogP) is 2.71. The Kier molecular flexibility index (Phi) is 8.26. The molecule has 0 aromatic heterocycles. The standard InChI is InChI=1S/C16H27NO3/c1-5-17-14(3)15-7-6-13(2)12-16(15)20-11-10-19-9-8-18-4/h6-7,12,14,17H,5,8-11H2,1-4H3. The second-order valence-electron chi connectivity index (χ2n) is 4.77. The molecule has 0 spiro atoms. The van der Waals surface area contributed by atoms with Gasteiger partial charge in [-0.1, -0.05) is 19.1 Å². The van der Waals surface area contributed by atoms with Crippen molar-refractivity contribution in [2.45, 2.75) is 26.8 Å². The first-order chi connectivity index (χ1) is 9.69. The van der Waals surface area contributed by atoms with Gasteiger partial charge in [-0.3, -0.25) is 0 Å². The minimum atomic E-state index is 0.282. The molecule has 114 valence electrons. The van der Waals surface area contributed by atoms with Gasteiger partial charge in [-0.25, -0.2) is 0 Å². The van der Waals surface area contributed by atoms with Gasteiger partial charge in [0.15, 0.2) is 0 Å². The van der Waals surface area contributed by atoms with E-state index in [-0.39, 0.29) is 6.04 Å². The molecule has 1 unspecified atom stereocenters. The average Bonchev–Trinajstić information content (AvgIpc) is 2.43. The number of ether oxygens (including phenoxy) is 3. The van der Waals surface area contributed by atoms with Crippen LogP contribution in [-0.4, -0.2) is 40.1 Å². The summed E-state index contributed by atoms with van der Waals surface area (Å²) in [6.07, 6.45) is 0. The van der Waals surface area contributed by atoms with Gasteiger partial charge in [0.05, 0.1) is 19.8 Å². The highest BCUT2D eigenvalue weighted by atomic mass is 16.5. The molecule has 0 bridgehead atoms. The normalized spacial score (nSPS) is 12.4. The maximum Gasteiger partial charge on any atom is 0.124 e. The molecule has 4 nitrogen and oxygen atoms in total. The zero-order valence-electron chi connectivity index (χ0n) is 13.1. The highest BCUT2D eigenvalue weighted by Gasteiger charge is 2.10. The number of hydrogen-bond acceptors (Lipinski definition) is 4. The molecule has 1 rings (SSSR count). The Morgan fingerprint density at radius 2 is 1.90 bits per heavy atom. The Balaban J connectivity index is 2.52. The molecule has 1 N–H and O–H groups in total. The van der Waals surface area contributed by atoms with E-state index in [0.717, 1.165) is 12.3 Å². The van der Waals surface area contributed by atoms with Gasteiger partial charge in [0.2, 0.25) is 0 Å². The first-order valence-electron chi connectivity index (χ1n) is 7.22. The SMILES string of the molecule is CCNC(C)c1ccc(C)cc1OCCOCCOC. The van der Waals surface area contributed by atoms with Crippen LogP contribution in [0.15, 0.2) is 18.2 Å². The third kappa shape index (κ3) is 5.90. The molecular formula is C16H27NO3. The van der Waals surface area contributed by atoms with Crippen molar-refractivity contribution in [1.29, 1.82) is 0 Å². The molecule has 1 atom stereocenters. The fraction of sp³-hybridized carbons (Fsp3) is 0.625. The van der Waals surface area contributed by atoms with Gasteiger partial charge in [-0.2, -0.15) is 0 Å². The fourth-order valence-corrected chi connectivity index (χ4v) is 2.00. The van der Waals surface area contributed by atoms with Crippen LogP contribution in [0.1, 0.15) is 31.0 Å². The van der Waals surface area contributed by atoms with Crippen molar-refractivity contribution in [3.63, 3.8) is 0 Å². The molecule has 0 saturated carbocycles. The minimum Gasteiger partial charge on any atom is -0.491 e. The molecule has 0 heterocycles. The summed E-state index contributed by atoms with van der Waals surface area (Å²) in [5, 5.41) is 3.41. The van der Waals surface area contributed by atoms with E-state index in [1.165, 1.54) is 11.1 Å². The lowest BCUT2D eigenvalue weighted by Crippen LogP contribution is -2.19. The summed E-state index contributed by atoms with van der Waals surface area (Å²) < 4.78 is 16.2. The zero-order chi connectivity index (χ0) is 14.8. The molecule has 0 radical (unpaired) electrons. The summed E-state index contributed by atoms with van der Waals surface area (Å²) in [6, 6.07) is 6.61. The first-order valence-corrected chi connectivity index (χ1v) is 7.22. The van der Waals surface area contributed by atoms with E-state index >= 15 is 0 Å². The molecule has 4 heteroatoms. The Bertz CT molecular complexity index is 382. The second kappa shape index (κ2) is 9.75. The Morgan fingerprint density at radius 3 is 2.60 bits per heavy atom. The lowest BCUT2D eigenvalue weighted by molar-refractivity contribution is 0.0542. The van der Waals surface area contributed by atoms with Gasteiger partial charge >= 0.3 is 0 Å². The molecule has 0 aliphatic heterocycles. The predicted molar refractivity (Wildman–Crippen MR) is 81.5 cm³/mol. The topological polar surface area (TPSA) is 39.7 Å². The maximum atomic E-state index is 5.86. The van der Waals surface area contributed by atoms with E-state index in [2.05, 4.69) is 44.3 Å². The van der Waals surface area contributed by atoms with Gasteiger partial charge in [0, 0.05) is 18.7 Å². The fourth-order valence-electron chi connectivity index (χ4n) is 2.00. The van der Waals surface area contributed by atoms with E-state index in [4.69, 9.17) is 14.2 Å². The molecule has 1 aromatic carbocycles. The summed E-state index contributed by atoms with van der Waals surface area (Å²) in [4.78, 5) is 0.